The van der Waals surface area contributed by atoms with Crippen LogP contribution in [0, 0.1) is 6.92 Å². The van der Waals surface area contributed by atoms with Crippen molar-refractivity contribution in [3.63, 3.8) is 0 Å². The maximum Gasteiger partial charge on any atom is 0.412 e. The summed E-state index contributed by atoms with van der Waals surface area (Å²) in [6.07, 6.45) is 2.99. The Morgan fingerprint density at radius 2 is 2.00 bits per heavy atom. The van der Waals surface area contributed by atoms with Crippen LogP contribution in [0.25, 0.3) is 11.3 Å². The van der Waals surface area contributed by atoms with Crippen LogP contribution >= 0.6 is 0 Å². The summed E-state index contributed by atoms with van der Waals surface area (Å²) in [7, 11) is 0. The van der Waals surface area contributed by atoms with E-state index >= 15 is 0 Å². The summed E-state index contributed by atoms with van der Waals surface area (Å²) >= 11 is 0. The lowest BCUT2D eigenvalue weighted by atomic mass is 10.1. The van der Waals surface area contributed by atoms with Crippen LogP contribution in [0.4, 0.5) is 10.5 Å². The molecular formula is C16H19N3O2. The Balaban J connectivity index is 2.15. The smallest absolute Gasteiger partial charge is 0.412 e. The molecule has 0 unspecified atom stereocenters. The zero-order chi connectivity index (χ0) is 15.5. The molecule has 0 saturated carbocycles. The van der Waals surface area contributed by atoms with Crippen molar-refractivity contribution in [2.24, 2.45) is 0 Å². The van der Waals surface area contributed by atoms with E-state index in [2.05, 4.69) is 15.3 Å². The molecule has 0 aromatic carbocycles. The Morgan fingerprint density at radius 3 is 2.57 bits per heavy atom. The molecule has 0 radical (unpaired) electrons. The molecule has 5 nitrogen and oxygen atoms in total. The highest BCUT2D eigenvalue weighted by Crippen LogP contribution is 2.21. The minimum atomic E-state index is -0.527. The SMILES string of the molecule is Cc1nc(-c2cccnc2)ccc1NC(=O)OC(C)(C)C. The van der Waals surface area contributed by atoms with Gasteiger partial charge in [-0.3, -0.25) is 15.3 Å². The number of anilines is 1. The number of carbonyl (C=O) groups excluding carboxylic acids is 1. The summed E-state index contributed by atoms with van der Waals surface area (Å²) in [5, 5.41) is 2.71. The van der Waals surface area contributed by atoms with E-state index < -0.39 is 11.7 Å². The molecule has 0 spiro atoms. The Hall–Kier alpha value is -2.43. The molecule has 2 aromatic heterocycles. The lowest BCUT2D eigenvalue weighted by Gasteiger charge is -2.20. The molecule has 0 aliphatic rings. The van der Waals surface area contributed by atoms with E-state index in [4.69, 9.17) is 4.74 Å². The molecule has 0 saturated heterocycles. The van der Waals surface area contributed by atoms with Crippen molar-refractivity contribution in [1.82, 2.24) is 9.97 Å². The van der Waals surface area contributed by atoms with Gasteiger partial charge in [-0.15, -0.1) is 0 Å². The van der Waals surface area contributed by atoms with Crippen molar-refractivity contribution in [3.05, 3.63) is 42.4 Å². The zero-order valence-corrected chi connectivity index (χ0v) is 12.7. The van der Waals surface area contributed by atoms with Gasteiger partial charge in [0, 0.05) is 18.0 Å². The van der Waals surface area contributed by atoms with Crippen LogP contribution < -0.4 is 5.32 Å². The van der Waals surface area contributed by atoms with Gasteiger partial charge in [-0.1, -0.05) is 0 Å². The number of carbonyl (C=O) groups is 1. The van der Waals surface area contributed by atoms with Crippen molar-refractivity contribution in [1.29, 1.82) is 0 Å². The quantitative estimate of drug-likeness (QED) is 0.911. The first-order valence-electron chi connectivity index (χ1n) is 6.73. The first kappa shape index (κ1) is 15.0. The Kier molecular flexibility index (Phi) is 4.21. The van der Waals surface area contributed by atoms with Gasteiger partial charge in [0.15, 0.2) is 0 Å². The van der Waals surface area contributed by atoms with Crippen molar-refractivity contribution < 1.29 is 9.53 Å². The summed E-state index contributed by atoms with van der Waals surface area (Å²) in [6, 6.07) is 7.46. The second kappa shape index (κ2) is 5.91. The second-order valence-corrected chi connectivity index (χ2v) is 5.70. The number of aromatic nitrogens is 2. The van der Waals surface area contributed by atoms with Gasteiger partial charge in [0.2, 0.25) is 0 Å². The van der Waals surface area contributed by atoms with E-state index in [-0.39, 0.29) is 0 Å². The van der Waals surface area contributed by atoms with E-state index in [9.17, 15) is 4.79 Å². The fourth-order valence-electron chi connectivity index (χ4n) is 1.78. The van der Waals surface area contributed by atoms with Gasteiger partial charge >= 0.3 is 6.09 Å². The minimum absolute atomic E-state index is 0.485. The fourth-order valence-corrected chi connectivity index (χ4v) is 1.78. The molecule has 2 heterocycles. The van der Waals surface area contributed by atoms with Gasteiger partial charge in [0.1, 0.15) is 5.60 Å². The first-order valence-corrected chi connectivity index (χ1v) is 6.73. The number of pyridine rings is 2. The highest BCUT2D eigenvalue weighted by atomic mass is 16.6. The number of rotatable bonds is 2. The third-order valence-electron chi connectivity index (χ3n) is 2.68. The van der Waals surface area contributed by atoms with Crippen LogP contribution in [0.3, 0.4) is 0 Å². The monoisotopic (exact) mass is 285 g/mol. The Labute approximate surface area is 124 Å². The molecule has 0 aliphatic carbocycles. The van der Waals surface area contributed by atoms with Crippen molar-refractivity contribution in [2.45, 2.75) is 33.3 Å². The normalized spacial score (nSPS) is 11.0. The third-order valence-corrected chi connectivity index (χ3v) is 2.68. The van der Waals surface area contributed by atoms with E-state index in [1.165, 1.54) is 0 Å². The summed E-state index contributed by atoms with van der Waals surface area (Å²) in [6.45, 7) is 7.31. The molecule has 0 fully saturated rings. The summed E-state index contributed by atoms with van der Waals surface area (Å²) in [4.78, 5) is 20.3. The minimum Gasteiger partial charge on any atom is -0.444 e. The molecule has 1 N–H and O–H groups in total. The fraction of sp³-hybridized carbons (Fsp3) is 0.312. The van der Waals surface area contributed by atoms with E-state index in [1.807, 2.05) is 52.0 Å². The molecule has 0 bridgehead atoms. The molecule has 2 rings (SSSR count). The highest BCUT2D eigenvalue weighted by molar-refractivity contribution is 5.85. The zero-order valence-electron chi connectivity index (χ0n) is 12.7. The highest BCUT2D eigenvalue weighted by Gasteiger charge is 2.17. The summed E-state index contributed by atoms with van der Waals surface area (Å²) in [5.74, 6) is 0. The number of ether oxygens (including phenoxy) is 1. The largest absolute Gasteiger partial charge is 0.444 e. The van der Waals surface area contributed by atoms with Crippen LogP contribution in [0.1, 0.15) is 26.5 Å². The number of amides is 1. The maximum absolute atomic E-state index is 11.8. The second-order valence-electron chi connectivity index (χ2n) is 5.70. The van der Waals surface area contributed by atoms with Crippen molar-refractivity contribution in [3.8, 4) is 11.3 Å². The van der Waals surface area contributed by atoms with E-state index in [1.54, 1.807) is 12.4 Å². The average Bonchev–Trinajstić information content (AvgIpc) is 2.40. The van der Waals surface area contributed by atoms with Crippen molar-refractivity contribution >= 4 is 11.8 Å². The van der Waals surface area contributed by atoms with Crippen LogP contribution in [0.5, 0.6) is 0 Å². The van der Waals surface area contributed by atoms with Gasteiger partial charge in [-0.05, 0) is 52.0 Å². The van der Waals surface area contributed by atoms with Crippen LogP contribution in [-0.2, 0) is 4.74 Å². The van der Waals surface area contributed by atoms with Gasteiger partial charge in [-0.2, -0.15) is 0 Å². The molecule has 0 aliphatic heterocycles. The van der Waals surface area contributed by atoms with E-state index in [0.717, 1.165) is 17.0 Å². The molecule has 21 heavy (non-hydrogen) atoms. The molecule has 5 heteroatoms. The van der Waals surface area contributed by atoms with Crippen LogP contribution in [-0.4, -0.2) is 21.7 Å². The van der Waals surface area contributed by atoms with Gasteiger partial charge in [0.05, 0.1) is 17.1 Å². The summed E-state index contributed by atoms with van der Waals surface area (Å²) in [5.41, 5.74) is 2.58. The van der Waals surface area contributed by atoms with Gasteiger partial charge in [0.25, 0.3) is 0 Å². The predicted molar refractivity (Wildman–Crippen MR) is 82.1 cm³/mol. The third kappa shape index (κ3) is 4.27. The standard InChI is InChI=1S/C16H19N3O2/c1-11-13(19-15(20)21-16(2,3)4)7-8-14(18-11)12-6-5-9-17-10-12/h5-10H,1-4H3,(H,19,20). The number of hydrogen-bond donors (Lipinski definition) is 1. The first-order chi connectivity index (χ1) is 9.85. The number of nitrogens with zero attached hydrogens (tertiary/aromatic N) is 2. The van der Waals surface area contributed by atoms with Crippen LogP contribution in [0.15, 0.2) is 36.7 Å². The lowest BCUT2D eigenvalue weighted by molar-refractivity contribution is 0.0635. The topological polar surface area (TPSA) is 64.1 Å². The van der Waals surface area contributed by atoms with Crippen LogP contribution in [0.2, 0.25) is 0 Å². The van der Waals surface area contributed by atoms with Crippen molar-refractivity contribution in [2.75, 3.05) is 5.32 Å². The molecular weight excluding hydrogens is 266 g/mol. The Morgan fingerprint density at radius 1 is 1.24 bits per heavy atom. The lowest BCUT2D eigenvalue weighted by Crippen LogP contribution is -2.27. The molecule has 110 valence electrons. The predicted octanol–water partition coefficient (Wildman–Crippen LogP) is 3.80. The average molecular weight is 285 g/mol. The molecule has 2 aromatic rings. The molecule has 1 amide bonds. The number of aryl methyl sites for hydroxylation is 1. The van der Waals surface area contributed by atoms with Gasteiger partial charge in [-0.25, -0.2) is 4.79 Å². The van der Waals surface area contributed by atoms with E-state index in [0.29, 0.717) is 5.69 Å². The Bertz CT molecular complexity index is 634. The summed E-state index contributed by atoms with van der Waals surface area (Å²) < 4.78 is 5.22. The van der Waals surface area contributed by atoms with Gasteiger partial charge < -0.3 is 4.74 Å². The molecule has 0 atom stereocenters. The maximum atomic E-state index is 11.8. The number of hydrogen-bond acceptors (Lipinski definition) is 4. The number of nitrogens with one attached hydrogen (secondary N) is 1.